The Labute approximate surface area is 176 Å². The van der Waals surface area contributed by atoms with Crippen LogP contribution in [0.5, 0.6) is 0 Å². The number of para-hydroxylation sites is 1. The van der Waals surface area contributed by atoms with Crippen molar-refractivity contribution in [2.24, 2.45) is 0 Å². The molecule has 0 aliphatic carbocycles. The highest BCUT2D eigenvalue weighted by Crippen LogP contribution is 2.40. The Bertz CT molecular complexity index is 1120. The highest BCUT2D eigenvalue weighted by Gasteiger charge is 2.36. The van der Waals surface area contributed by atoms with Gasteiger partial charge in [0.15, 0.2) is 0 Å². The average Bonchev–Trinajstić information content (AvgIpc) is 2.96. The van der Waals surface area contributed by atoms with Crippen LogP contribution in [0, 0.1) is 0 Å². The molecule has 1 aromatic heterocycles. The van der Waals surface area contributed by atoms with Crippen LogP contribution in [-0.2, 0) is 22.7 Å². The van der Waals surface area contributed by atoms with E-state index in [0.29, 0.717) is 12.3 Å². The van der Waals surface area contributed by atoms with Gasteiger partial charge in [0, 0.05) is 17.6 Å². The van der Waals surface area contributed by atoms with Crippen molar-refractivity contribution in [1.82, 2.24) is 9.47 Å². The summed E-state index contributed by atoms with van der Waals surface area (Å²) in [7, 11) is 0. The summed E-state index contributed by atoms with van der Waals surface area (Å²) in [6.07, 6.45) is -0.650. The number of carbonyl (C=O) groups is 2. The minimum atomic E-state index is -0.704. The molecule has 4 rings (SSSR count). The lowest BCUT2D eigenvalue weighted by molar-refractivity contribution is 0.0219. The zero-order valence-corrected chi connectivity index (χ0v) is 17.8. The number of hydrogen-bond acceptors (Lipinski definition) is 4. The molecular weight excluding hydrogens is 380 g/mol. The van der Waals surface area contributed by atoms with E-state index in [1.165, 1.54) is 4.90 Å². The quantitative estimate of drug-likeness (QED) is 0.600. The molecule has 0 spiro atoms. The first-order valence-corrected chi connectivity index (χ1v) is 10.1. The molecular formula is C24H26N2O4. The van der Waals surface area contributed by atoms with Crippen LogP contribution in [-0.4, -0.2) is 33.7 Å². The molecule has 2 heterocycles. The monoisotopic (exact) mass is 406 g/mol. The maximum absolute atomic E-state index is 13.7. The van der Waals surface area contributed by atoms with Gasteiger partial charge in [-0.2, -0.15) is 0 Å². The molecule has 0 saturated carbocycles. The van der Waals surface area contributed by atoms with Crippen molar-refractivity contribution in [2.45, 2.75) is 46.6 Å². The lowest BCUT2D eigenvalue weighted by Gasteiger charge is -2.26. The van der Waals surface area contributed by atoms with Crippen molar-refractivity contribution in [2.75, 3.05) is 6.61 Å². The Morgan fingerprint density at radius 3 is 2.50 bits per heavy atom. The number of fused-ring (bicyclic) bond motifs is 5. The highest BCUT2D eigenvalue weighted by molar-refractivity contribution is 6.14. The molecule has 30 heavy (non-hydrogen) atoms. The normalized spacial score (nSPS) is 13.7. The highest BCUT2D eigenvalue weighted by atomic mass is 16.6. The van der Waals surface area contributed by atoms with Crippen molar-refractivity contribution in [3.63, 3.8) is 0 Å². The van der Waals surface area contributed by atoms with Crippen molar-refractivity contribution < 1.29 is 19.1 Å². The predicted octanol–water partition coefficient (Wildman–Crippen LogP) is 5.19. The Hall–Kier alpha value is -3.12. The summed E-state index contributed by atoms with van der Waals surface area (Å²) in [6, 6.07) is 15.7. The molecule has 156 valence electrons. The molecule has 0 N–H and O–H groups in total. The van der Waals surface area contributed by atoms with Gasteiger partial charge in [-0.3, -0.25) is 4.79 Å². The molecule has 0 unspecified atom stereocenters. The van der Waals surface area contributed by atoms with Crippen molar-refractivity contribution >= 4 is 22.9 Å². The fraction of sp³-hybridized carbons (Fsp3) is 0.333. The summed E-state index contributed by atoms with van der Waals surface area (Å²) in [5.41, 5.74) is 3.31. The molecule has 6 heteroatoms. The fourth-order valence-electron chi connectivity index (χ4n) is 3.85. The molecule has 2 amide bonds. The van der Waals surface area contributed by atoms with Gasteiger partial charge in [-0.1, -0.05) is 42.5 Å². The van der Waals surface area contributed by atoms with E-state index in [-0.39, 0.29) is 19.2 Å². The molecule has 1 aliphatic rings. The topological polar surface area (TPSA) is 60.8 Å². The number of imide groups is 1. The zero-order valence-electron chi connectivity index (χ0n) is 17.8. The number of nitrogens with zero attached hydrogens (tertiary/aromatic N) is 2. The molecule has 0 bridgehead atoms. The zero-order chi connectivity index (χ0) is 21.5. The summed E-state index contributed by atoms with van der Waals surface area (Å²) >= 11 is 0. The van der Waals surface area contributed by atoms with Gasteiger partial charge in [0.05, 0.1) is 12.1 Å². The van der Waals surface area contributed by atoms with Crippen LogP contribution < -0.4 is 0 Å². The van der Waals surface area contributed by atoms with Gasteiger partial charge >= 0.3 is 6.09 Å². The van der Waals surface area contributed by atoms with Gasteiger partial charge < -0.3 is 14.0 Å². The van der Waals surface area contributed by atoms with Gasteiger partial charge in [0.1, 0.15) is 18.0 Å². The van der Waals surface area contributed by atoms with Crippen LogP contribution in [0.4, 0.5) is 4.79 Å². The lowest BCUT2D eigenvalue weighted by Crippen LogP contribution is -2.40. The summed E-state index contributed by atoms with van der Waals surface area (Å²) in [4.78, 5) is 27.9. The van der Waals surface area contributed by atoms with E-state index >= 15 is 0 Å². The third-order valence-corrected chi connectivity index (χ3v) is 5.07. The number of hydrogen-bond donors (Lipinski definition) is 0. The summed E-state index contributed by atoms with van der Waals surface area (Å²) in [5.74, 6) is -0.383. The smallest absolute Gasteiger partial charge is 0.417 e. The minimum absolute atomic E-state index is 0.154. The molecule has 6 nitrogen and oxygen atoms in total. The van der Waals surface area contributed by atoms with E-state index in [2.05, 4.69) is 0 Å². The summed E-state index contributed by atoms with van der Waals surface area (Å²) in [6.45, 7) is 8.18. The van der Waals surface area contributed by atoms with Gasteiger partial charge in [0.2, 0.25) is 0 Å². The van der Waals surface area contributed by atoms with E-state index in [1.54, 1.807) is 20.8 Å². The van der Waals surface area contributed by atoms with Crippen molar-refractivity contribution in [3.8, 4) is 11.1 Å². The number of carbonyl (C=O) groups excluding carboxylic acids is 2. The van der Waals surface area contributed by atoms with Crippen molar-refractivity contribution in [3.05, 3.63) is 59.8 Å². The van der Waals surface area contributed by atoms with E-state index in [9.17, 15) is 9.59 Å². The molecule has 2 aromatic carbocycles. The Morgan fingerprint density at radius 2 is 1.77 bits per heavy atom. The SMILES string of the molecule is CCOCn1c2c(c3ccccc31)-c1ccccc1CN(C(=O)OC(C)(C)C)C2=O. The first-order valence-electron chi connectivity index (χ1n) is 10.1. The Morgan fingerprint density at radius 1 is 1.07 bits per heavy atom. The number of rotatable bonds is 3. The van der Waals surface area contributed by atoms with Crippen LogP contribution in [0.2, 0.25) is 0 Å². The molecule has 3 aromatic rings. The summed E-state index contributed by atoms with van der Waals surface area (Å²) in [5, 5.41) is 0.957. The first-order chi connectivity index (χ1) is 14.3. The molecule has 0 saturated heterocycles. The van der Waals surface area contributed by atoms with E-state index < -0.39 is 11.7 Å². The lowest BCUT2D eigenvalue weighted by atomic mass is 9.98. The molecule has 0 radical (unpaired) electrons. The number of benzene rings is 2. The molecule has 1 aliphatic heterocycles. The first kappa shape index (κ1) is 20.2. The van der Waals surface area contributed by atoms with Crippen LogP contribution >= 0.6 is 0 Å². The van der Waals surface area contributed by atoms with Crippen LogP contribution in [0.15, 0.2) is 48.5 Å². The van der Waals surface area contributed by atoms with Crippen LogP contribution in [0.1, 0.15) is 43.7 Å². The second kappa shape index (κ2) is 7.61. The Kier molecular flexibility index (Phi) is 5.12. The maximum atomic E-state index is 13.7. The van der Waals surface area contributed by atoms with Gasteiger partial charge in [-0.15, -0.1) is 0 Å². The molecule has 0 fully saturated rings. The Balaban J connectivity index is 1.98. The number of aromatic nitrogens is 1. The van der Waals surface area contributed by atoms with E-state index in [4.69, 9.17) is 9.47 Å². The third-order valence-electron chi connectivity index (χ3n) is 5.07. The second-order valence-corrected chi connectivity index (χ2v) is 8.32. The van der Waals surface area contributed by atoms with Crippen molar-refractivity contribution in [1.29, 1.82) is 0 Å². The van der Waals surface area contributed by atoms with E-state index in [1.807, 2.05) is 60.0 Å². The fourth-order valence-corrected chi connectivity index (χ4v) is 3.85. The predicted molar refractivity (Wildman–Crippen MR) is 115 cm³/mol. The molecule has 0 atom stereocenters. The standard InChI is InChI=1S/C24H26N2O4/c1-5-29-15-26-19-13-9-8-12-18(19)20-17-11-7-6-10-16(17)14-25(22(27)21(20)26)23(28)30-24(2,3)4/h6-13H,5,14-15H2,1-4H3. The maximum Gasteiger partial charge on any atom is 0.417 e. The summed E-state index contributed by atoms with van der Waals surface area (Å²) < 4.78 is 13.1. The second-order valence-electron chi connectivity index (χ2n) is 8.32. The van der Waals surface area contributed by atoms with Gasteiger partial charge in [0.25, 0.3) is 5.91 Å². The number of amides is 2. The van der Waals surface area contributed by atoms with Gasteiger partial charge in [-0.25, -0.2) is 9.69 Å². The largest absolute Gasteiger partial charge is 0.443 e. The minimum Gasteiger partial charge on any atom is -0.443 e. The average molecular weight is 406 g/mol. The van der Waals surface area contributed by atoms with Crippen LogP contribution in [0.3, 0.4) is 0 Å². The van der Waals surface area contributed by atoms with Crippen LogP contribution in [0.25, 0.3) is 22.0 Å². The third kappa shape index (κ3) is 3.48. The number of ether oxygens (including phenoxy) is 2. The van der Waals surface area contributed by atoms with E-state index in [0.717, 1.165) is 27.6 Å². The van der Waals surface area contributed by atoms with Gasteiger partial charge in [-0.05, 0) is 44.9 Å².